The van der Waals surface area contributed by atoms with Gasteiger partial charge in [0, 0.05) is 55.0 Å². The highest BCUT2D eigenvalue weighted by Gasteiger charge is 2.51. The molecule has 0 radical (unpaired) electrons. The summed E-state index contributed by atoms with van der Waals surface area (Å²) in [5.41, 5.74) is 2.74. The van der Waals surface area contributed by atoms with Gasteiger partial charge in [0.25, 0.3) is 0 Å². The van der Waals surface area contributed by atoms with Crippen LogP contribution in [0.1, 0.15) is 50.2 Å². The zero-order valence-corrected chi connectivity index (χ0v) is 19.3. The fraction of sp³-hybridized carbons (Fsp3) is 0.462. The molecule has 5 nitrogen and oxygen atoms in total. The first-order valence-corrected chi connectivity index (χ1v) is 11.0. The molecule has 0 saturated heterocycles. The fourth-order valence-electron chi connectivity index (χ4n) is 5.40. The predicted octanol–water partition coefficient (Wildman–Crippen LogP) is 5.86. The van der Waals surface area contributed by atoms with Gasteiger partial charge in [-0.2, -0.15) is 0 Å². The lowest BCUT2D eigenvalue weighted by Crippen LogP contribution is -2.45. The molecule has 1 aromatic carbocycles. The molecular weight excluding hydrogens is 409 g/mol. The molecule has 1 N–H and O–H groups in total. The molecule has 1 saturated carbocycles. The van der Waals surface area contributed by atoms with Crippen LogP contribution in [-0.2, 0) is 4.74 Å². The van der Waals surface area contributed by atoms with Gasteiger partial charge in [-0.1, -0.05) is 27.0 Å². The van der Waals surface area contributed by atoms with Crippen molar-refractivity contribution in [3.05, 3.63) is 65.3 Å². The van der Waals surface area contributed by atoms with E-state index < -0.39 is 5.83 Å². The molecule has 3 aliphatic rings. The molecule has 0 unspecified atom stereocenters. The summed E-state index contributed by atoms with van der Waals surface area (Å²) >= 11 is 0. The van der Waals surface area contributed by atoms with Crippen LogP contribution in [0.2, 0.25) is 0 Å². The highest BCUT2D eigenvalue weighted by molar-refractivity contribution is 5.81. The first-order chi connectivity index (χ1) is 15.2. The van der Waals surface area contributed by atoms with Gasteiger partial charge < -0.3 is 24.2 Å². The Morgan fingerprint density at radius 1 is 1.25 bits per heavy atom. The van der Waals surface area contributed by atoms with Crippen LogP contribution in [0, 0.1) is 5.41 Å². The number of ether oxygens (including phenoxy) is 3. The number of allylic oxidation sites excluding steroid dienone is 2. The Balaban J connectivity index is 1.87. The van der Waals surface area contributed by atoms with Crippen molar-refractivity contribution < 1.29 is 23.7 Å². The second kappa shape index (κ2) is 8.32. The molecule has 1 aromatic rings. The van der Waals surface area contributed by atoms with Crippen molar-refractivity contribution >= 4 is 5.70 Å². The molecule has 2 aliphatic heterocycles. The Kier molecular flexibility index (Phi) is 5.84. The standard InChI is InChI=1S/C26H32FNO4/c1-15-20(16(2)29)14-28-24(23(15)27)19-13-21(31-6)22(32-11-7-10-30-5)12-18(19)17-8-9-26(3,4)25(17)28/h12-14,17,25,29H,1-2,7-11H2,3-6H3/t17-,25+/m1/s1. The molecule has 1 fully saturated rings. The van der Waals surface area contributed by atoms with Crippen LogP contribution >= 0.6 is 0 Å². The van der Waals surface area contributed by atoms with Crippen LogP contribution in [0.4, 0.5) is 4.39 Å². The number of fused-ring (bicyclic) bond motifs is 6. The average Bonchev–Trinajstić information content (AvgIpc) is 3.08. The number of benzene rings is 1. The van der Waals surface area contributed by atoms with Crippen LogP contribution < -0.4 is 9.47 Å². The van der Waals surface area contributed by atoms with E-state index in [9.17, 15) is 5.11 Å². The van der Waals surface area contributed by atoms with Gasteiger partial charge in [0.05, 0.1) is 19.4 Å². The number of aliphatic hydroxyl groups is 1. The number of hydrogen-bond donors (Lipinski definition) is 1. The quantitative estimate of drug-likeness (QED) is 0.424. The number of methoxy groups -OCH3 is 2. The Hall–Kier alpha value is -2.73. The molecule has 0 amide bonds. The maximum atomic E-state index is 15.8. The van der Waals surface area contributed by atoms with Gasteiger partial charge in [-0.3, -0.25) is 0 Å². The normalized spacial score (nSPS) is 23.3. The second-order valence-electron chi connectivity index (χ2n) is 9.40. The molecule has 1 aliphatic carbocycles. The van der Waals surface area contributed by atoms with Gasteiger partial charge in [-0.15, -0.1) is 0 Å². The highest BCUT2D eigenvalue weighted by Crippen LogP contribution is 2.58. The number of nitrogens with zero attached hydrogens (tertiary/aromatic N) is 1. The first kappa shape index (κ1) is 22.5. The van der Waals surface area contributed by atoms with E-state index in [0.29, 0.717) is 36.0 Å². The second-order valence-corrected chi connectivity index (χ2v) is 9.40. The molecule has 2 heterocycles. The van der Waals surface area contributed by atoms with Gasteiger partial charge in [-0.05, 0) is 36.0 Å². The number of rotatable bonds is 7. The summed E-state index contributed by atoms with van der Waals surface area (Å²) < 4.78 is 32.5. The van der Waals surface area contributed by atoms with Gasteiger partial charge in [-0.25, -0.2) is 4.39 Å². The molecular formula is C26H32FNO4. The van der Waals surface area contributed by atoms with E-state index in [1.54, 1.807) is 20.4 Å². The first-order valence-electron chi connectivity index (χ1n) is 11.0. The summed E-state index contributed by atoms with van der Waals surface area (Å²) in [5, 5.41) is 10.1. The Labute approximate surface area is 189 Å². The maximum Gasteiger partial charge on any atom is 0.161 e. The van der Waals surface area contributed by atoms with Crippen LogP contribution in [0.3, 0.4) is 0 Å². The van der Waals surface area contributed by atoms with E-state index in [1.165, 1.54) is 0 Å². The average molecular weight is 442 g/mol. The Morgan fingerprint density at radius 2 is 2.00 bits per heavy atom. The third-order valence-electron chi connectivity index (χ3n) is 6.96. The lowest BCUT2D eigenvalue weighted by Gasteiger charge is -2.47. The van der Waals surface area contributed by atoms with E-state index in [1.807, 2.05) is 17.0 Å². The lowest BCUT2D eigenvalue weighted by molar-refractivity contribution is 0.170. The van der Waals surface area contributed by atoms with Crippen LogP contribution in [0.5, 0.6) is 11.5 Å². The summed E-state index contributed by atoms with van der Waals surface area (Å²) in [6, 6.07) is 3.92. The predicted molar refractivity (Wildman–Crippen MR) is 123 cm³/mol. The third-order valence-corrected chi connectivity index (χ3v) is 6.96. The molecule has 4 rings (SSSR count). The van der Waals surface area contributed by atoms with Crippen molar-refractivity contribution in [2.75, 3.05) is 27.4 Å². The molecule has 0 bridgehead atoms. The summed E-state index contributed by atoms with van der Waals surface area (Å²) in [4.78, 5) is 1.99. The van der Waals surface area contributed by atoms with Gasteiger partial charge in [0.2, 0.25) is 0 Å². The van der Waals surface area contributed by atoms with Crippen LogP contribution in [-0.4, -0.2) is 43.5 Å². The van der Waals surface area contributed by atoms with E-state index in [-0.39, 0.29) is 28.7 Å². The van der Waals surface area contributed by atoms with E-state index in [2.05, 4.69) is 27.0 Å². The minimum atomic E-state index is -0.448. The van der Waals surface area contributed by atoms with Crippen molar-refractivity contribution in [3.8, 4) is 11.5 Å². The number of halogens is 1. The molecule has 0 aromatic heterocycles. The molecule has 172 valence electrons. The monoisotopic (exact) mass is 441 g/mol. The zero-order chi connectivity index (χ0) is 23.2. The summed E-state index contributed by atoms with van der Waals surface area (Å²) in [6.07, 6.45) is 4.56. The third kappa shape index (κ3) is 3.51. The Bertz CT molecular complexity index is 1020. The minimum absolute atomic E-state index is 0.0351. The van der Waals surface area contributed by atoms with Gasteiger partial charge in [0.15, 0.2) is 17.3 Å². The maximum absolute atomic E-state index is 15.8. The molecule has 2 atom stereocenters. The van der Waals surface area contributed by atoms with E-state index in [4.69, 9.17) is 14.2 Å². The largest absolute Gasteiger partial charge is 0.508 e. The van der Waals surface area contributed by atoms with E-state index >= 15 is 4.39 Å². The summed E-state index contributed by atoms with van der Waals surface area (Å²) in [7, 11) is 3.25. The smallest absolute Gasteiger partial charge is 0.161 e. The van der Waals surface area contributed by atoms with Gasteiger partial charge in [0.1, 0.15) is 5.76 Å². The van der Waals surface area contributed by atoms with Gasteiger partial charge >= 0.3 is 0 Å². The molecule has 32 heavy (non-hydrogen) atoms. The van der Waals surface area contributed by atoms with E-state index in [0.717, 1.165) is 30.4 Å². The molecule has 0 spiro atoms. The van der Waals surface area contributed by atoms with Crippen LogP contribution in [0.15, 0.2) is 54.2 Å². The zero-order valence-electron chi connectivity index (χ0n) is 19.3. The van der Waals surface area contributed by atoms with Crippen LogP contribution in [0.25, 0.3) is 5.70 Å². The van der Waals surface area contributed by atoms with Crippen molar-refractivity contribution in [1.82, 2.24) is 4.90 Å². The van der Waals surface area contributed by atoms with Crippen molar-refractivity contribution in [2.45, 2.75) is 45.1 Å². The minimum Gasteiger partial charge on any atom is -0.508 e. The topological polar surface area (TPSA) is 51.2 Å². The fourth-order valence-corrected chi connectivity index (χ4v) is 5.40. The van der Waals surface area contributed by atoms with Crippen molar-refractivity contribution in [3.63, 3.8) is 0 Å². The van der Waals surface area contributed by atoms with Crippen molar-refractivity contribution in [2.24, 2.45) is 5.41 Å². The number of aliphatic hydroxyl groups excluding tert-OH is 1. The summed E-state index contributed by atoms with van der Waals surface area (Å²) in [5.74, 6) is 0.786. The molecule has 6 heteroatoms. The SMILES string of the molecule is C=C(O)C1=CN2C(=C(F)C1=C)c1cc(OC)c(OCCCOC)cc1[C@H]1CCC(C)(C)[C@H]12. The lowest BCUT2D eigenvalue weighted by atomic mass is 9.75. The highest BCUT2D eigenvalue weighted by atomic mass is 19.1. The van der Waals surface area contributed by atoms with Crippen molar-refractivity contribution in [1.29, 1.82) is 0 Å². The summed E-state index contributed by atoms with van der Waals surface area (Å²) in [6.45, 7) is 13.1. The Morgan fingerprint density at radius 3 is 2.66 bits per heavy atom. The number of hydrogen-bond acceptors (Lipinski definition) is 5.